The van der Waals surface area contributed by atoms with Gasteiger partial charge in [0, 0.05) is 11.4 Å². The molecule has 0 unspecified atom stereocenters. The van der Waals surface area contributed by atoms with E-state index in [1.165, 1.54) is 16.7 Å². The molecule has 26 heavy (non-hydrogen) atoms. The molecular weight excluding hydrogens is 316 g/mol. The summed E-state index contributed by atoms with van der Waals surface area (Å²) >= 11 is 0. The van der Waals surface area contributed by atoms with Gasteiger partial charge in [0.2, 0.25) is 0 Å². The van der Waals surface area contributed by atoms with Crippen molar-refractivity contribution in [3.8, 4) is 33.4 Å². The minimum Gasteiger partial charge on any atom is -0.399 e. The van der Waals surface area contributed by atoms with Gasteiger partial charge in [0.25, 0.3) is 0 Å². The van der Waals surface area contributed by atoms with Crippen molar-refractivity contribution in [2.45, 2.75) is 0 Å². The zero-order valence-electron chi connectivity index (χ0n) is 14.4. The Hall–Kier alpha value is -3.52. The van der Waals surface area contributed by atoms with Gasteiger partial charge in [-0.2, -0.15) is 0 Å². The number of hydrogen-bond donors (Lipinski definition) is 2. The first kappa shape index (κ1) is 16.0. The summed E-state index contributed by atoms with van der Waals surface area (Å²) in [6.45, 7) is 0. The second-order valence-electron chi connectivity index (χ2n) is 6.34. The van der Waals surface area contributed by atoms with Gasteiger partial charge in [0.15, 0.2) is 0 Å². The summed E-state index contributed by atoms with van der Waals surface area (Å²) in [6.07, 6.45) is 0. The van der Waals surface area contributed by atoms with E-state index in [0.29, 0.717) is 0 Å². The normalized spacial score (nSPS) is 10.6. The molecule has 0 bridgehead atoms. The third-order valence-electron chi connectivity index (χ3n) is 4.54. The maximum Gasteiger partial charge on any atom is 0.0320 e. The van der Waals surface area contributed by atoms with Crippen LogP contribution in [0.25, 0.3) is 33.4 Å². The van der Waals surface area contributed by atoms with Crippen LogP contribution in [0.2, 0.25) is 0 Å². The maximum absolute atomic E-state index is 6.10. The topological polar surface area (TPSA) is 52.0 Å². The standard InChI is InChI=1S/C24H20N2/c25-19-10-6-9-18(15-19)24-16-20(26)13-14-23(24)22-12-5-4-11-21(22)17-7-2-1-3-8-17/h1-16H,25-26H2. The quantitative estimate of drug-likeness (QED) is 0.461. The Balaban J connectivity index is 1.96. The Morgan fingerprint density at radius 1 is 0.385 bits per heavy atom. The number of benzene rings is 4. The smallest absolute Gasteiger partial charge is 0.0320 e. The predicted octanol–water partition coefficient (Wildman–Crippen LogP) is 5.85. The van der Waals surface area contributed by atoms with Gasteiger partial charge < -0.3 is 11.5 Å². The predicted molar refractivity (Wildman–Crippen MR) is 112 cm³/mol. The van der Waals surface area contributed by atoms with Crippen LogP contribution in [-0.4, -0.2) is 0 Å². The first-order chi connectivity index (χ1) is 12.7. The largest absolute Gasteiger partial charge is 0.399 e. The Kier molecular flexibility index (Phi) is 4.16. The molecule has 0 aliphatic heterocycles. The summed E-state index contributed by atoms with van der Waals surface area (Å²) in [5.41, 5.74) is 20.5. The number of hydrogen-bond acceptors (Lipinski definition) is 2. The van der Waals surface area contributed by atoms with E-state index in [4.69, 9.17) is 11.5 Å². The summed E-state index contributed by atoms with van der Waals surface area (Å²) in [7, 11) is 0. The SMILES string of the molecule is Nc1cccc(-c2cc(N)ccc2-c2ccccc2-c2ccccc2)c1. The number of anilines is 2. The number of nitrogen functional groups attached to an aromatic ring is 2. The van der Waals surface area contributed by atoms with Crippen molar-refractivity contribution in [1.82, 2.24) is 0 Å². The third kappa shape index (κ3) is 3.05. The summed E-state index contributed by atoms with van der Waals surface area (Å²) in [4.78, 5) is 0. The van der Waals surface area contributed by atoms with Gasteiger partial charge in [-0.3, -0.25) is 0 Å². The number of nitrogens with two attached hydrogens (primary N) is 2. The average Bonchev–Trinajstić information content (AvgIpc) is 2.69. The van der Waals surface area contributed by atoms with Crippen molar-refractivity contribution in [2.24, 2.45) is 0 Å². The Labute approximate surface area is 153 Å². The van der Waals surface area contributed by atoms with Crippen molar-refractivity contribution < 1.29 is 0 Å². The highest BCUT2D eigenvalue weighted by molar-refractivity contribution is 5.93. The van der Waals surface area contributed by atoms with Crippen LogP contribution in [0.15, 0.2) is 97.1 Å². The van der Waals surface area contributed by atoms with Crippen LogP contribution in [-0.2, 0) is 0 Å². The van der Waals surface area contributed by atoms with E-state index in [-0.39, 0.29) is 0 Å². The van der Waals surface area contributed by atoms with Crippen molar-refractivity contribution in [3.63, 3.8) is 0 Å². The highest BCUT2D eigenvalue weighted by atomic mass is 14.5. The summed E-state index contributed by atoms with van der Waals surface area (Å²) in [6, 6.07) is 32.9. The Bertz CT molecular complexity index is 1050. The number of rotatable bonds is 3. The molecular formula is C24H20N2. The molecule has 0 saturated heterocycles. The van der Waals surface area contributed by atoms with Gasteiger partial charge in [0.05, 0.1) is 0 Å². The fraction of sp³-hybridized carbons (Fsp3) is 0. The van der Waals surface area contributed by atoms with Crippen LogP contribution in [0.1, 0.15) is 0 Å². The summed E-state index contributed by atoms with van der Waals surface area (Å²) in [5.74, 6) is 0. The molecule has 0 aromatic heterocycles. The monoisotopic (exact) mass is 336 g/mol. The highest BCUT2D eigenvalue weighted by Crippen LogP contribution is 2.39. The molecule has 2 heteroatoms. The van der Waals surface area contributed by atoms with E-state index < -0.39 is 0 Å². The van der Waals surface area contributed by atoms with Gasteiger partial charge in [-0.25, -0.2) is 0 Å². The van der Waals surface area contributed by atoms with Gasteiger partial charge in [-0.05, 0) is 57.6 Å². The molecule has 4 aromatic carbocycles. The van der Waals surface area contributed by atoms with Crippen molar-refractivity contribution in [2.75, 3.05) is 11.5 Å². The van der Waals surface area contributed by atoms with Gasteiger partial charge in [0.1, 0.15) is 0 Å². The summed E-state index contributed by atoms with van der Waals surface area (Å²) in [5, 5.41) is 0. The fourth-order valence-corrected chi connectivity index (χ4v) is 3.33. The second-order valence-corrected chi connectivity index (χ2v) is 6.34. The van der Waals surface area contributed by atoms with E-state index in [0.717, 1.165) is 28.1 Å². The zero-order chi connectivity index (χ0) is 17.9. The molecule has 4 rings (SSSR count). The minimum absolute atomic E-state index is 0.739. The lowest BCUT2D eigenvalue weighted by molar-refractivity contribution is 1.56. The molecule has 0 aliphatic rings. The minimum atomic E-state index is 0.739. The molecule has 0 fully saturated rings. The fourth-order valence-electron chi connectivity index (χ4n) is 3.33. The second kappa shape index (κ2) is 6.77. The molecule has 0 radical (unpaired) electrons. The van der Waals surface area contributed by atoms with E-state index >= 15 is 0 Å². The molecule has 0 saturated carbocycles. The lowest BCUT2D eigenvalue weighted by Gasteiger charge is -2.15. The van der Waals surface area contributed by atoms with Crippen LogP contribution >= 0.6 is 0 Å². The third-order valence-corrected chi connectivity index (χ3v) is 4.54. The maximum atomic E-state index is 6.10. The molecule has 0 spiro atoms. The van der Waals surface area contributed by atoms with Crippen LogP contribution in [0.3, 0.4) is 0 Å². The van der Waals surface area contributed by atoms with Crippen LogP contribution in [0.4, 0.5) is 11.4 Å². The van der Waals surface area contributed by atoms with Crippen molar-refractivity contribution in [3.05, 3.63) is 97.1 Å². The molecule has 0 heterocycles. The van der Waals surface area contributed by atoms with E-state index in [1.54, 1.807) is 0 Å². The van der Waals surface area contributed by atoms with Crippen molar-refractivity contribution in [1.29, 1.82) is 0 Å². The first-order valence-corrected chi connectivity index (χ1v) is 8.62. The zero-order valence-corrected chi connectivity index (χ0v) is 14.4. The molecule has 0 amide bonds. The molecule has 2 nitrogen and oxygen atoms in total. The van der Waals surface area contributed by atoms with Gasteiger partial charge in [-0.15, -0.1) is 0 Å². The highest BCUT2D eigenvalue weighted by Gasteiger charge is 2.12. The first-order valence-electron chi connectivity index (χ1n) is 8.62. The van der Waals surface area contributed by atoms with Crippen LogP contribution in [0, 0.1) is 0 Å². The van der Waals surface area contributed by atoms with E-state index in [1.807, 2.05) is 36.4 Å². The Morgan fingerprint density at radius 3 is 1.77 bits per heavy atom. The average molecular weight is 336 g/mol. The molecule has 0 aliphatic carbocycles. The molecule has 4 aromatic rings. The lowest BCUT2D eigenvalue weighted by atomic mass is 9.89. The molecule has 0 atom stereocenters. The molecule has 126 valence electrons. The molecule has 4 N–H and O–H groups in total. The van der Waals surface area contributed by atoms with Crippen LogP contribution in [0.5, 0.6) is 0 Å². The van der Waals surface area contributed by atoms with Crippen molar-refractivity contribution >= 4 is 11.4 Å². The van der Waals surface area contributed by atoms with Gasteiger partial charge >= 0.3 is 0 Å². The summed E-state index contributed by atoms with van der Waals surface area (Å²) < 4.78 is 0. The van der Waals surface area contributed by atoms with E-state index in [2.05, 4.69) is 60.7 Å². The van der Waals surface area contributed by atoms with Gasteiger partial charge in [-0.1, -0.05) is 72.8 Å². The lowest BCUT2D eigenvalue weighted by Crippen LogP contribution is -1.93. The van der Waals surface area contributed by atoms with Crippen LogP contribution < -0.4 is 11.5 Å². The van der Waals surface area contributed by atoms with E-state index in [9.17, 15) is 0 Å². The Morgan fingerprint density at radius 2 is 1.00 bits per heavy atom.